The lowest BCUT2D eigenvalue weighted by atomic mass is 10.2. The maximum absolute atomic E-state index is 12.5. The number of rotatable bonds is 4. The fourth-order valence-corrected chi connectivity index (χ4v) is 3.55. The highest BCUT2D eigenvalue weighted by molar-refractivity contribution is 6.34. The summed E-state index contributed by atoms with van der Waals surface area (Å²) in [6, 6.07) is 9.13. The van der Waals surface area contributed by atoms with Crippen molar-refractivity contribution in [3.8, 4) is 0 Å². The number of anilines is 1. The number of hydrogen-bond donors (Lipinski definition) is 0. The molecule has 1 aliphatic rings. The van der Waals surface area contributed by atoms with Crippen LogP contribution in [-0.2, 0) is 16.1 Å². The van der Waals surface area contributed by atoms with Gasteiger partial charge in [-0.15, -0.1) is 0 Å². The van der Waals surface area contributed by atoms with Crippen LogP contribution in [0.25, 0.3) is 5.65 Å². The molecule has 4 rings (SSSR count). The van der Waals surface area contributed by atoms with Gasteiger partial charge in [0.1, 0.15) is 12.3 Å². The predicted molar refractivity (Wildman–Crippen MR) is 109 cm³/mol. The van der Waals surface area contributed by atoms with E-state index in [2.05, 4.69) is 4.98 Å². The molecule has 9 heteroatoms. The van der Waals surface area contributed by atoms with E-state index < -0.39 is 5.97 Å². The van der Waals surface area contributed by atoms with E-state index in [9.17, 15) is 14.4 Å². The highest BCUT2D eigenvalue weighted by atomic mass is 35.5. The highest BCUT2D eigenvalue weighted by Crippen LogP contribution is 2.30. The average molecular weight is 432 g/mol. The number of carbonyl (C=O) groups is 2. The van der Waals surface area contributed by atoms with Gasteiger partial charge in [-0.3, -0.25) is 14.0 Å². The van der Waals surface area contributed by atoms with E-state index in [1.165, 1.54) is 22.7 Å². The first-order chi connectivity index (χ1) is 13.9. The molecule has 7 nitrogen and oxygen atoms in total. The molecule has 1 fully saturated rings. The van der Waals surface area contributed by atoms with Gasteiger partial charge in [0.15, 0.2) is 0 Å². The second-order valence-electron chi connectivity index (χ2n) is 6.55. The van der Waals surface area contributed by atoms with Crippen molar-refractivity contribution in [1.29, 1.82) is 0 Å². The lowest BCUT2D eigenvalue weighted by molar-refractivity contribution is -0.117. The molecule has 0 radical (unpaired) electrons. The number of hydrogen-bond acceptors (Lipinski definition) is 5. The Bertz CT molecular complexity index is 1190. The van der Waals surface area contributed by atoms with Crippen molar-refractivity contribution in [2.75, 3.05) is 11.4 Å². The van der Waals surface area contributed by atoms with Crippen molar-refractivity contribution >= 4 is 46.4 Å². The van der Waals surface area contributed by atoms with Gasteiger partial charge in [-0.05, 0) is 36.8 Å². The maximum atomic E-state index is 12.5. The molecule has 0 atom stereocenters. The minimum atomic E-state index is -0.604. The summed E-state index contributed by atoms with van der Waals surface area (Å²) >= 11 is 12.1. The van der Waals surface area contributed by atoms with Crippen LogP contribution in [0.15, 0.2) is 47.4 Å². The molecule has 2 aromatic heterocycles. The first kappa shape index (κ1) is 19.4. The molecule has 1 saturated heterocycles. The molecular formula is C20H15Cl2N3O4. The van der Waals surface area contributed by atoms with E-state index in [0.29, 0.717) is 40.0 Å². The third-order valence-electron chi connectivity index (χ3n) is 4.57. The molecular weight excluding hydrogens is 417 g/mol. The summed E-state index contributed by atoms with van der Waals surface area (Å²) < 4.78 is 6.62. The quantitative estimate of drug-likeness (QED) is 0.590. The molecule has 1 amide bonds. The van der Waals surface area contributed by atoms with Crippen LogP contribution in [0, 0.1) is 0 Å². The minimum Gasteiger partial charge on any atom is -0.456 e. The Hall–Kier alpha value is -2.90. The molecule has 0 N–H and O–H groups in total. The Morgan fingerprint density at radius 1 is 1.14 bits per heavy atom. The third-order valence-corrected chi connectivity index (χ3v) is 5.12. The molecule has 0 saturated carbocycles. The zero-order chi connectivity index (χ0) is 20.5. The van der Waals surface area contributed by atoms with E-state index in [1.807, 2.05) is 0 Å². The maximum Gasteiger partial charge on any atom is 0.338 e. The predicted octanol–water partition coefficient (Wildman–Crippen LogP) is 3.49. The van der Waals surface area contributed by atoms with Gasteiger partial charge in [-0.1, -0.05) is 23.2 Å². The minimum absolute atomic E-state index is 0.0293. The molecule has 29 heavy (non-hydrogen) atoms. The van der Waals surface area contributed by atoms with E-state index in [0.717, 1.165) is 6.42 Å². The third kappa shape index (κ3) is 3.97. The molecule has 3 aromatic rings. The number of pyridine rings is 1. The number of nitrogens with zero attached hydrogens (tertiary/aromatic N) is 3. The summed E-state index contributed by atoms with van der Waals surface area (Å²) in [6.45, 7) is 0.389. The van der Waals surface area contributed by atoms with Crippen LogP contribution < -0.4 is 10.5 Å². The van der Waals surface area contributed by atoms with Gasteiger partial charge in [-0.25, -0.2) is 9.78 Å². The van der Waals surface area contributed by atoms with Crippen molar-refractivity contribution in [2.24, 2.45) is 0 Å². The van der Waals surface area contributed by atoms with Gasteiger partial charge < -0.3 is 9.64 Å². The number of aromatic nitrogens is 2. The van der Waals surface area contributed by atoms with Crippen LogP contribution in [0.3, 0.4) is 0 Å². The number of amides is 1. The Kier molecular flexibility index (Phi) is 5.25. The number of fused-ring (bicyclic) bond motifs is 1. The number of esters is 1. The Morgan fingerprint density at radius 3 is 2.72 bits per heavy atom. The second kappa shape index (κ2) is 7.85. The SMILES string of the molecule is O=C(OCc1cc(=O)n2cc(Cl)ccc2n1)c1ccc(Cl)c(N2CCCC2=O)c1. The second-order valence-corrected chi connectivity index (χ2v) is 7.40. The van der Waals surface area contributed by atoms with Crippen molar-refractivity contribution in [2.45, 2.75) is 19.4 Å². The monoisotopic (exact) mass is 431 g/mol. The van der Waals surface area contributed by atoms with Gasteiger partial charge in [-0.2, -0.15) is 0 Å². The topological polar surface area (TPSA) is 81.0 Å². The standard InChI is InChI=1S/C20H15Cl2N3O4/c21-13-4-6-17-23-14(9-19(27)25(17)10-13)11-29-20(28)12-3-5-15(22)16(8-12)24-7-1-2-18(24)26/h3-6,8-10H,1-2,7,11H2. The van der Waals surface area contributed by atoms with Crippen molar-refractivity contribution < 1.29 is 14.3 Å². The van der Waals surface area contributed by atoms with Crippen LogP contribution in [0.5, 0.6) is 0 Å². The van der Waals surface area contributed by atoms with Gasteiger partial charge in [0.05, 0.1) is 27.0 Å². The Labute approximate surface area is 175 Å². The summed E-state index contributed by atoms with van der Waals surface area (Å²) in [4.78, 5) is 42.5. The van der Waals surface area contributed by atoms with E-state index >= 15 is 0 Å². The van der Waals surface area contributed by atoms with Gasteiger partial charge in [0.25, 0.3) is 5.56 Å². The zero-order valence-corrected chi connectivity index (χ0v) is 16.6. The summed E-state index contributed by atoms with van der Waals surface area (Å²) in [7, 11) is 0. The van der Waals surface area contributed by atoms with E-state index in [-0.39, 0.29) is 23.6 Å². The van der Waals surface area contributed by atoms with Gasteiger partial charge in [0.2, 0.25) is 5.91 Å². The van der Waals surface area contributed by atoms with Crippen LogP contribution in [-0.4, -0.2) is 27.8 Å². The summed E-state index contributed by atoms with van der Waals surface area (Å²) in [5, 5.41) is 0.801. The molecule has 1 aromatic carbocycles. The van der Waals surface area contributed by atoms with Crippen LogP contribution in [0.4, 0.5) is 5.69 Å². The van der Waals surface area contributed by atoms with Gasteiger partial charge in [0, 0.05) is 25.2 Å². The number of carbonyl (C=O) groups excluding carboxylic acids is 2. The first-order valence-electron chi connectivity index (χ1n) is 8.87. The lowest BCUT2D eigenvalue weighted by Crippen LogP contribution is -2.24. The van der Waals surface area contributed by atoms with Crippen molar-refractivity contribution in [3.63, 3.8) is 0 Å². The fourth-order valence-electron chi connectivity index (χ4n) is 3.17. The Morgan fingerprint density at radius 2 is 1.97 bits per heavy atom. The molecule has 0 aliphatic carbocycles. The van der Waals surface area contributed by atoms with Gasteiger partial charge >= 0.3 is 5.97 Å². The van der Waals surface area contributed by atoms with E-state index in [1.54, 1.807) is 29.2 Å². The molecule has 3 heterocycles. The summed E-state index contributed by atoms with van der Waals surface area (Å²) in [6.07, 6.45) is 2.68. The van der Waals surface area contributed by atoms with Crippen LogP contribution in [0.1, 0.15) is 28.9 Å². The fraction of sp³-hybridized carbons (Fsp3) is 0.200. The highest BCUT2D eigenvalue weighted by Gasteiger charge is 2.24. The van der Waals surface area contributed by atoms with E-state index in [4.69, 9.17) is 27.9 Å². The molecule has 0 bridgehead atoms. The summed E-state index contributed by atoms with van der Waals surface area (Å²) in [5.41, 5.74) is 1.13. The largest absolute Gasteiger partial charge is 0.456 e. The average Bonchev–Trinajstić information content (AvgIpc) is 3.13. The molecule has 148 valence electrons. The molecule has 0 unspecified atom stereocenters. The number of benzene rings is 1. The first-order valence-corrected chi connectivity index (χ1v) is 9.63. The summed E-state index contributed by atoms with van der Waals surface area (Å²) in [5.74, 6) is -0.633. The number of ether oxygens (including phenoxy) is 1. The van der Waals surface area contributed by atoms with Crippen molar-refractivity contribution in [3.05, 3.63) is 74.3 Å². The normalized spacial score (nSPS) is 13.9. The molecule has 1 aliphatic heterocycles. The van der Waals surface area contributed by atoms with Crippen LogP contribution >= 0.6 is 23.2 Å². The van der Waals surface area contributed by atoms with Crippen molar-refractivity contribution in [1.82, 2.24) is 9.38 Å². The smallest absolute Gasteiger partial charge is 0.338 e. The number of halogens is 2. The zero-order valence-electron chi connectivity index (χ0n) is 15.1. The Balaban J connectivity index is 1.53. The van der Waals surface area contributed by atoms with Crippen LogP contribution in [0.2, 0.25) is 10.0 Å². The lowest BCUT2D eigenvalue weighted by Gasteiger charge is -2.18. The molecule has 0 spiro atoms.